The zero-order valence-electron chi connectivity index (χ0n) is 12.3. The van der Waals surface area contributed by atoms with Gasteiger partial charge in [0.2, 0.25) is 0 Å². The molecule has 0 aliphatic heterocycles. The van der Waals surface area contributed by atoms with Gasteiger partial charge in [0.25, 0.3) is 0 Å². The number of fused-ring (bicyclic) bond motifs is 1. The van der Waals surface area contributed by atoms with Crippen molar-refractivity contribution >= 4 is 11.0 Å². The van der Waals surface area contributed by atoms with Gasteiger partial charge in [0.05, 0.1) is 22.4 Å². The number of benzene rings is 1. The Hall–Kier alpha value is -2.37. The van der Waals surface area contributed by atoms with E-state index in [-0.39, 0.29) is 6.04 Å². The van der Waals surface area contributed by atoms with Crippen LogP contribution < -0.4 is 0 Å². The van der Waals surface area contributed by atoms with Crippen LogP contribution in [0.4, 0.5) is 8.78 Å². The SMILES string of the molecule is Cc1cc(-c2nc3cc(F)c(F)cc3n2C2CC2)c(C)nn1. The lowest BCUT2D eigenvalue weighted by Gasteiger charge is -2.09. The van der Waals surface area contributed by atoms with Crippen LogP contribution in [0.15, 0.2) is 18.2 Å². The Morgan fingerprint density at radius 1 is 1.05 bits per heavy atom. The van der Waals surface area contributed by atoms with E-state index in [1.807, 2.05) is 24.5 Å². The van der Waals surface area contributed by atoms with Crippen LogP contribution in [0.3, 0.4) is 0 Å². The molecule has 0 atom stereocenters. The molecule has 0 amide bonds. The van der Waals surface area contributed by atoms with Crippen molar-refractivity contribution in [2.24, 2.45) is 0 Å². The summed E-state index contributed by atoms with van der Waals surface area (Å²) in [4.78, 5) is 4.54. The highest BCUT2D eigenvalue weighted by Gasteiger charge is 2.30. The summed E-state index contributed by atoms with van der Waals surface area (Å²) in [5.74, 6) is -1.01. The largest absolute Gasteiger partial charge is 0.321 e. The van der Waals surface area contributed by atoms with Crippen molar-refractivity contribution in [1.29, 1.82) is 0 Å². The summed E-state index contributed by atoms with van der Waals surface area (Å²) < 4.78 is 29.1. The van der Waals surface area contributed by atoms with Gasteiger partial charge in [0.1, 0.15) is 5.82 Å². The summed E-state index contributed by atoms with van der Waals surface area (Å²) in [6.45, 7) is 3.72. The molecule has 4 nitrogen and oxygen atoms in total. The molecule has 0 saturated heterocycles. The van der Waals surface area contributed by atoms with Crippen LogP contribution in [-0.2, 0) is 0 Å². The van der Waals surface area contributed by atoms with Gasteiger partial charge in [-0.1, -0.05) is 0 Å². The average Bonchev–Trinajstić information content (AvgIpc) is 3.25. The van der Waals surface area contributed by atoms with Gasteiger partial charge in [-0.25, -0.2) is 13.8 Å². The lowest BCUT2D eigenvalue weighted by atomic mass is 10.2. The van der Waals surface area contributed by atoms with E-state index in [0.717, 1.165) is 35.9 Å². The Morgan fingerprint density at radius 3 is 2.50 bits per heavy atom. The van der Waals surface area contributed by atoms with E-state index in [2.05, 4.69) is 15.2 Å². The van der Waals surface area contributed by atoms with E-state index in [4.69, 9.17) is 0 Å². The summed E-state index contributed by atoms with van der Waals surface area (Å²) in [6.07, 6.45) is 2.04. The first-order valence-electron chi connectivity index (χ1n) is 7.23. The fourth-order valence-electron chi connectivity index (χ4n) is 2.76. The number of nitrogens with zero attached hydrogens (tertiary/aromatic N) is 4. The number of rotatable bonds is 2. The molecule has 112 valence electrons. The van der Waals surface area contributed by atoms with Gasteiger partial charge in [-0.05, 0) is 32.8 Å². The number of aromatic nitrogens is 4. The minimum Gasteiger partial charge on any atom is -0.321 e. The molecular weight excluding hydrogens is 286 g/mol. The van der Waals surface area contributed by atoms with Crippen LogP contribution in [0, 0.1) is 25.5 Å². The quantitative estimate of drug-likeness (QED) is 0.724. The summed E-state index contributed by atoms with van der Waals surface area (Å²) >= 11 is 0. The van der Waals surface area contributed by atoms with Gasteiger partial charge >= 0.3 is 0 Å². The molecule has 22 heavy (non-hydrogen) atoms. The monoisotopic (exact) mass is 300 g/mol. The molecule has 0 bridgehead atoms. The third-order valence-electron chi connectivity index (χ3n) is 3.99. The molecule has 0 spiro atoms. The molecule has 2 heterocycles. The standard InChI is InChI=1S/C16H14F2N4/c1-8-5-11(9(2)21-20-8)16-19-14-6-12(17)13(18)7-15(14)22(16)10-3-4-10/h5-7,10H,3-4H2,1-2H3. The molecule has 1 fully saturated rings. The average molecular weight is 300 g/mol. The zero-order chi connectivity index (χ0) is 15.4. The van der Waals surface area contributed by atoms with E-state index in [1.165, 1.54) is 6.07 Å². The molecule has 0 radical (unpaired) electrons. The zero-order valence-corrected chi connectivity index (χ0v) is 12.3. The molecule has 3 aromatic rings. The molecule has 1 aliphatic rings. The molecule has 1 aliphatic carbocycles. The van der Waals surface area contributed by atoms with Crippen molar-refractivity contribution in [2.75, 3.05) is 0 Å². The first-order valence-corrected chi connectivity index (χ1v) is 7.23. The van der Waals surface area contributed by atoms with Crippen LogP contribution >= 0.6 is 0 Å². The molecule has 1 saturated carbocycles. The van der Waals surface area contributed by atoms with Crippen molar-refractivity contribution < 1.29 is 8.78 Å². The number of aryl methyl sites for hydroxylation is 2. The van der Waals surface area contributed by atoms with Gasteiger partial charge in [0.15, 0.2) is 11.6 Å². The Labute approximate surface area is 125 Å². The van der Waals surface area contributed by atoms with Gasteiger partial charge in [-0.3, -0.25) is 0 Å². The van der Waals surface area contributed by atoms with Crippen LogP contribution in [0.5, 0.6) is 0 Å². The van der Waals surface area contributed by atoms with Crippen LogP contribution in [0.1, 0.15) is 30.3 Å². The number of imidazole rings is 1. The topological polar surface area (TPSA) is 43.6 Å². The lowest BCUT2D eigenvalue weighted by Crippen LogP contribution is -2.01. The maximum Gasteiger partial charge on any atom is 0.161 e. The van der Waals surface area contributed by atoms with E-state index in [1.54, 1.807) is 0 Å². The van der Waals surface area contributed by atoms with Crippen LogP contribution in [0.25, 0.3) is 22.4 Å². The molecule has 1 aromatic carbocycles. The molecule has 2 aromatic heterocycles. The van der Waals surface area contributed by atoms with Crippen molar-refractivity contribution in [2.45, 2.75) is 32.7 Å². The molecular formula is C16H14F2N4. The number of hydrogen-bond donors (Lipinski definition) is 0. The number of halogens is 2. The Bertz CT molecular complexity index is 897. The fourth-order valence-corrected chi connectivity index (χ4v) is 2.76. The minimum absolute atomic E-state index is 0.290. The summed E-state index contributed by atoms with van der Waals surface area (Å²) in [5.41, 5.74) is 3.49. The first-order chi connectivity index (χ1) is 10.5. The molecule has 0 N–H and O–H groups in total. The second-order valence-corrected chi connectivity index (χ2v) is 5.78. The first kappa shape index (κ1) is 13.3. The third kappa shape index (κ3) is 1.98. The molecule has 6 heteroatoms. The fraction of sp³-hybridized carbons (Fsp3) is 0.312. The Balaban J connectivity index is 2.05. The van der Waals surface area contributed by atoms with Gasteiger partial charge in [-0.15, -0.1) is 0 Å². The smallest absolute Gasteiger partial charge is 0.161 e. The second-order valence-electron chi connectivity index (χ2n) is 5.78. The number of hydrogen-bond acceptors (Lipinski definition) is 3. The highest BCUT2D eigenvalue weighted by atomic mass is 19.2. The predicted molar refractivity (Wildman–Crippen MR) is 78.4 cm³/mol. The highest BCUT2D eigenvalue weighted by molar-refractivity contribution is 5.81. The Kier molecular flexibility index (Phi) is 2.76. The lowest BCUT2D eigenvalue weighted by molar-refractivity contribution is 0.510. The Morgan fingerprint density at radius 2 is 1.77 bits per heavy atom. The van der Waals surface area contributed by atoms with E-state index < -0.39 is 11.6 Å². The van der Waals surface area contributed by atoms with Gasteiger partial charge in [0, 0.05) is 23.7 Å². The second kappa shape index (κ2) is 4.56. The maximum atomic E-state index is 13.6. The van der Waals surface area contributed by atoms with Crippen LogP contribution in [-0.4, -0.2) is 19.7 Å². The van der Waals surface area contributed by atoms with E-state index in [9.17, 15) is 8.78 Å². The highest BCUT2D eigenvalue weighted by Crippen LogP contribution is 2.41. The predicted octanol–water partition coefficient (Wildman–Crippen LogP) is 3.72. The molecule has 4 rings (SSSR count). The third-order valence-corrected chi connectivity index (χ3v) is 3.99. The summed E-state index contributed by atoms with van der Waals surface area (Å²) in [7, 11) is 0. The van der Waals surface area contributed by atoms with Crippen molar-refractivity contribution in [3.63, 3.8) is 0 Å². The summed E-state index contributed by atoms with van der Waals surface area (Å²) in [6, 6.07) is 4.59. The normalized spacial score (nSPS) is 14.7. The van der Waals surface area contributed by atoms with Gasteiger partial charge in [-0.2, -0.15) is 10.2 Å². The molecule has 0 unspecified atom stereocenters. The maximum absolute atomic E-state index is 13.6. The van der Waals surface area contributed by atoms with Crippen molar-refractivity contribution in [3.05, 3.63) is 41.2 Å². The van der Waals surface area contributed by atoms with E-state index >= 15 is 0 Å². The van der Waals surface area contributed by atoms with Crippen molar-refractivity contribution in [1.82, 2.24) is 19.7 Å². The minimum atomic E-state index is -0.875. The summed E-state index contributed by atoms with van der Waals surface area (Å²) in [5, 5.41) is 8.16. The van der Waals surface area contributed by atoms with Gasteiger partial charge < -0.3 is 4.57 Å². The van der Waals surface area contributed by atoms with Crippen molar-refractivity contribution in [3.8, 4) is 11.4 Å². The van der Waals surface area contributed by atoms with Crippen LogP contribution in [0.2, 0.25) is 0 Å². The van der Waals surface area contributed by atoms with E-state index in [0.29, 0.717) is 16.9 Å².